The fourth-order valence-corrected chi connectivity index (χ4v) is 3.50. The quantitative estimate of drug-likeness (QED) is 0.479. The number of aromatic nitrogens is 2. The Balaban J connectivity index is 2.07. The zero-order chi connectivity index (χ0) is 16.1. The van der Waals surface area contributed by atoms with Gasteiger partial charge in [0, 0.05) is 10.9 Å². The molecule has 2 N–H and O–H groups in total. The highest BCUT2D eigenvalue weighted by Crippen LogP contribution is 2.38. The van der Waals surface area contributed by atoms with Gasteiger partial charge in [-0.05, 0) is 23.8 Å². The van der Waals surface area contributed by atoms with E-state index in [0.717, 1.165) is 44.4 Å². The Bertz CT molecular complexity index is 1200. The van der Waals surface area contributed by atoms with Crippen LogP contribution < -0.4 is 5.73 Å². The van der Waals surface area contributed by atoms with Crippen LogP contribution in [0.3, 0.4) is 0 Å². The molecule has 0 unspecified atom stereocenters. The molecule has 2 heterocycles. The van der Waals surface area contributed by atoms with Crippen LogP contribution in [0.5, 0.6) is 0 Å². The maximum Gasteiger partial charge on any atom is 0.162 e. The van der Waals surface area contributed by atoms with Crippen molar-refractivity contribution < 1.29 is 0 Å². The lowest BCUT2D eigenvalue weighted by Crippen LogP contribution is -1.99. The van der Waals surface area contributed by atoms with Gasteiger partial charge in [-0.3, -0.25) is 4.40 Å². The van der Waals surface area contributed by atoms with Gasteiger partial charge in [-0.2, -0.15) is 0 Å². The highest BCUT2D eigenvalue weighted by molar-refractivity contribution is 6.07. The van der Waals surface area contributed by atoms with E-state index in [0.29, 0.717) is 0 Å². The summed E-state index contributed by atoms with van der Waals surface area (Å²) in [6.07, 6.45) is 0. The van der Waals surface area contributed by atoms with Crippen molar-refractivity contribution in [1.29, 1.82) is 0 Å². The highest BCUT2D eigenvalue weighted by Gasteiger charge is 2.17. The normalized spacial score (nSPS) is 11.5. The van der Waals surface area contributed by atoms with E-state index < -0.39 is 0 Å². The standard InChI is InChI=1S/C21H15N3/c22-20-19(14-8-2-1-3-9-14)15-10-4-6-12-17(15)24-18-13-7-5-11-16(18)23-21(20)24/h1-13H,22H2. The molecule has 0 bridgehead atoms. The number of rotatable bonds is 1. The lowest BCUT2D eigenvalue weighted by molar-refractivity contribution is 1.30. The molecule has 0 aliphatic rings. The van der Waals surface area contributed by atoms with E-state index in [9.17, 15) is 0 Å². The fraction of sp³-hybridized carbons (Fsp3) is 0. The zero-order valence-electron chi connectivity index (χ0n) is 13.0. The van der Waals surface area contributed by atoms with Crippen LogP contribution in [0.1, 0.15) is 0 Å². The highest BCUT2D eigenvalue weighted by atomic mass is 15.0. The molecule has 0 saturated carbocycles. The van der Waals surface area contributed by atoms with Crippen LogP contribution in [-0.2, 0) is 0 Å². The van der Waals surface area contributed by atoms with Gasteiger partial charge in [0.15, 0.2) is 5.65 Å². The summed E-state index contributed by atoms with van der Waals surface area (Å²) in [6.45, 7) is 0. The predicted octanol–water partition coefficient (Wildman–Crippen LogP) is 4.89. The summed E-state index contributed by atoms with van der Waals surface area (Å²) in [4.78, 5) is 4.79. The van der Waals surface area contributed by atoms with Crippen LogP contribution >= 0.6 is 0 Å². The summed E-state index contributed by atoms with van der Waals surface area (Å²) in [5, 5.41) is 1.14. The average molecular weight is 309 g/mol. The summed E-state index contributed by atoms with van der Waals surface area (Å²) in [5.74, 6) is 0. The van der Waals surface area contributed by atoms with Gasteiger partial charge in [0.2, 0.25) is 0 Å². The summed E-state index contributed by atoms with van der Waals surface area (Å²) < 4.78 is 2.16. The number of hydrogen-bond donors (Lipinski definition) is 1. The molecule has 24 heavy (non-hydrogen) atoms. The molecule has 0 radical (unpaired) electrons. The van der Waals surface area contributed by atoms with Crippen LogP contribution in [0.2, 0.25) is 0 Å². The lowest BCUT2D eigenvalue weighted by Gasteiger charge is -2.13. The summed E-state index contributed by atoms with van der Waals surface area (Å²) in [7, 11) is 0. The van der Waals surface area contributed by atoms with Crippen molar-refractivity contribution in [2.75, 3.05) is 5.73 Å². The second-order valence-corrected chi connectivity index (χ2v) is 5.93. The Labute approximate surface area is 139 Å². The van der Waals surface area contributed by atoms with Crippen LogP contribution in [0, 0.1) is 0 Å². The summed E-state index contributed by atoms with van der Waals surface area (Å²) in [6, 6.07) is 26.8. The second-order valence-electron chi connectivity index (χ2n) is 5.93. The smallest absolute Gasteiger partial charge is 0.162 e. The van der Waals surface area contributed by atoms with Crippen LogP contribution in [0.25, 0.3) is 38.7 Å². The fourth-order valence-electron chi connectivity index (χ4n) is 3.50. The van der Waals surface area contributed by atoms with Gasteiger partial charge in [-0.1, -0.05) is 60.7 Å². The van der Waals surface area contributed by atoms with Gasteiger partial charge in [0.25, 0.3) is 0 Å². The number of nitrogens with two attached hydrogens (primary N) is 1. The Kier molecular flexibility index (Phi) is 2.65. The third-order valence-electron chi connectivity index (χ3n) is 4.55. The lowest BCUT2D eigenvalue weighted by atomic mass is 9.99. The molecule has 3 aromatic carbocycles. The SMILES string of the molecule is Nc1c(-c2ccccc2)c2ccccc2n2c1nc1ccccc12. The van der Waals surface area contributed by atoms with Gasteiger partial charge in [-0.15, -0.1) is 0 Å². The molecular formula is C21H15N3. The van der Waals surface area contributed by atoms with Crippen molar-refractivity contribution in [2.24, 2.45) is 0 Å². The third-order valence-corrected chi connectivity index (χ3v) is 4.55. The van der Waals surface area contributed by atoms with Gasteiger partial charge >= 0.3 is 0 Å². The Hall–Kier alpha value is -3.33. The Morgan fingerprint density at radius 1 is 0.708 bits per heavy atom. The number of benzene rings is 3. The predicted molar refractivity (Wildman–Crippen MR) is 100 cm³/mol. The minimum absolute atomic E-state index is 0.719. The number of fused-ring (bicyclic) bond motifs is 5. The first-order valence-electron chi connectivity index (χ1n) is 7.97. The van der Waals surface area contributed by atoms with Crippen LogP contribution in [-0.4, -0.2) is 9.38 Å². The second kappa shape index (κ2) is 4.83. The van der Waals surface area contributed by atoms with E-state index in [1.807, 2.05) is 36.4 Å². The number of hydrogen-bond acceptors (Lipinski definition) is 2. The van der Waals surface area contributed by atoms with E-state index in [1.165, 1.54) is 0 Å². The third kappa shape index (κ3) is 1.69. The molecule has 3 heteroatoms. The van der Waals surface area contributed by atoms with Crippen molar-refractivity contribution in [3.8, 4) is 11.1 Å². The molecule has 0 aliphatic heterocycles. The monoisotopic (exact) mass is 309 g/mol. The molecule has 3 nitrogen and oxygen atoms in total. The number of nitrogen functional groups attached to an aromatic ring is 1. The van der Waals surface area contributed by atoms with E-state index in [1.54, 1.807) is 0 Å². The van der Waals surface area contributed by atoms with Crippen molar-refractivity contribution in [3.05, 3.63) is 78.9 Å². The molecule has 0 amide bonds. The zero-order valence-corrected chi connectivity index (χ0v) is 13.0. The first-order chi connectivity index (χ1) is 11.8. The van der Waals surface area contributed by atoms with Crippen molar-refractivity contribution >= 4 is 33.3 Å². The summed E-state index contributed by atoms with van der Waals surface area (Å²) >= 11 is 0. The minimum atomic E-state index is 0.719. The number of anilines is 1. The molecule has 5 rings (SSSR count). The number of imidazole rings is 1. The topological polar surface area (TPSA) is 43.3 Å². The molecule has 0 aliphatic carbocycles. The van der Waals surface area contributed by atoms with E-state index in [4.69, 9.17) is 10.7 Å². The van der Waals surface area contributed by atoms with Crippen LogP contribution in [0.4, 0.5) is 5.69 Å². The molecule has 2 aromatic heterocycles. The van der Waals surface area contributed by atoms with Gasteiger partial charge in [0.1, 0.15) is 0 Å². The molecular weight excluding hydrogens is 294 g/mol. The van der Waals surface area contributed by atoms with Gasteiger partial charge in [0.05, 0.1) is 22.2 Å². The van der Waals surface area contributed by atoms with E-state index in [-0.39, 0.29) is 0 Å². The van der Waals surface area contributed by atoms with E-state index >= 15 is 0 Å². The van der Waals surface area contributed by atoms with Crippen molar-refractivity contribution in [1.82, 2.24) is 9.38 Å². The van der Waals surface area contributed by atoms with Crippen molar-refractivity contribution in [2.45, 2.75) is 0 Å². The summed E-state index contributed by atoms with van der Waals surface area (Å²) in [5.41, 5.74) is 13.4. The first-order valence-corrected chi connectivity index (χ1v) is 7.97. The van der Waals surface area contributed by atoms with Crippen LogP contribution in [0.15, 0.2) is 78.9 Å². The molecule has 0 atom stereocenters. The Morgan fingerprint density at radius 2 is 1.38 bits per heavy atom. The Morgan fingerprint density at radius 3 is 2.21 bits per heavy atom. The molecule has 0 saturated heterocycles. The minimum Gasteiger partial charge on any atom is -0.395 e. The molecule has 114 valence electrons. The average Bonchev–Trinajstić information content (AvgIpc) is 3.03. The molecule has 5 aromatic rings. The van der Waals surface area contributed by atoms with Gasteiger partial charge in [-0.25, -0.2) is 4.98 Å². The number of pyridine rings is 1. The maximum atomic E-state index is 6.60. The van der Waals surface area contributed by atoms with E-state index in [2.05, 4.69) is 46.9 Å². The largest absolute Gasteiger partial charge is 0.395 e. The van der Waals surface area contributed by atoms with Crippen molar-refractivity contribution in [3.63, 3.8) is 0 Å². The van der Waals surface area contributed by atoms with Gasteiger partial charge < -0.3 is 5.73 Å². The molecule has 0 spiro atoms. The number of para-hydroxylation sites is 3. The molecule has 0 fully saturated rings. The first kappa shape index (κ1) is 13.1. The number of nitrogens with zero attached hydrogens (tertiary/aromatic N) is 2. The maximum absolute atomic E-state index is 6.60.